The standard InChI is InChI=1S/C11H15NO3/c1-2-7-5-9(13)12(6-7)10(11(14)15)8-3-4-8/h2,7-8,10H,1,3-6H2,(H,14,15). The molecule has 2 fully saturated rings. The second-order valence-electron chi connectivity index (χ2n) is 4.37. The number of carboxylic acid groups (broad SMARTS) is 1. The molecular formula is C11H15NO3. The van der Waals surface area contributed by atoms with Crippen LogP contribution in [0.1, 0.15) is 19.3 Å². The van der Waals surface area contributed by atoms with Gasteiger partial charge in [-0.15, -0.1) is 6.58 Å². The minimum absolute atomic E-state index is 0.0424. The van der Waals surface area contributed by atoms with E-state index in [0.29, 0.717) is 13.0 Å². The van der Waals surface area contributed by atoms with Gasteiger partial charge in [-0.1, -0.05) is 6.08 Å². The average Bonchev–Trinajstić information content (AvgIpc) is 2.92. The molecule has 2 aliphatic rings. The van der Waals surface area contributed by atoms with Crippen molar-refractivity contribution in [1.82, 2.24) is 4.90 Å². The van der Waals surface area contributed by atoms with E-state index in [1.54, 1.807) is 6.08 Å². The number of aliphatic carboxylic acids is 1. The Kier molecular flexibility index (Phi) is 2.50. The molecule has 0 aromatic rings. The smallest absolute Gasteiger partial charge is 0.326 e. The zero-order chi connectivity index (χ0) is 11.0. The summed E-state index contributed by atoms with van der Waals surface area (Å²) in [6.45, 7) is 4.17. The van der Waals surface area contributed by atoms with E-state index in [2.05, 4.69) is 6.58 Å². The first-order chi connectivity index (χ1) is 7.13. The normalized spacial score (nSPS) is 27.9. The van der Waals surface area contributed by atoms with Gasteiger partial charge in [0.05, 0.1) is 0 Å². The van der Waals surface area contributed by atoms with E-state index in [1.165, 1.54) is 4.90 Å². The van der Waals surface area contributed by atoms with Crippen molar-refractivity contribution >= 4 is 11.9 Å². The molecule has 0 aromatic heterocycles. The molecule has 0 spiro atoms. The summed E-state index contributed by atoms with van der Waals surface area (Å²) in [5.41, 5.74) is 0. The molecule has 4 heteroatoms. The van der Waals surface area contributed by atoms with Crippen LogP contribution in [-0.2, 0) is 9.59 Å². The van der Waals surface area contributed by atoms with Crippen molar-refractivity contribution in [3.63, 3.8) is 0 Å². The van der Waals surface area contributed by atoms with Crippen molar-refractivity contribution < 1.29 is 14.7 Å². The summed E-state index contributed by atoms with van der Waals surface area (Å²) in [6.07, 6.45) is 4.02. The van der Waals surface area contributed by atoms with Crippen molar-refractivity contribution in [1.29, 1.82) is 0 Å². The lowest BCUT2D eigenvalue weighted by Gasteiger charge is -2.24. The van der Waals surface area contributed by atoms with Gasteiger partial charge in [0.2, 0.25) is 5.91 Å². The van der Waals surface area contributed by atoms with Gasteiger partial charge in [0.25, 0.3) is 0 Å². The van der Waals surface area contributed by atoms with E-state index in [4.69, 9.17) is 5.11 Å². The fourth-order valence-corrected chi connectivity index (χ4v) is 2.19. The van der Waals surface area contributed by atoms with Crippen LogP contribution < -0.4 is 0 Å². The van der Waals surface area contributed by atoms with Gasteiger partial charge in [-0.05, 0) is 18.8 Å². The van der Waals surface area contributed by atoms with Gasteiger partial charge in [0, 0.05) is 18.9 Å². The van der Waals surface area contributed by atoms with E-state index in [1.807, 2.05) is 0 Å². The van der Waals surface area contributed by atoms with Crippen LogP contribution >= 0.6 is 0 Å². The number of carboxylic acids is 1. The van der Waals surface area contributed by atoms with Gasteiger partial charge < -0.3 is 10.0 Å². The summed E-state index contributed by atoms with van der Waals surface area (Å²) < 4.78 is 0. The Morgan fingerprint density at radius 1 is 1.60 bits per heavy atom. The third-order valence-corrected chi connectivity index (χ3v) is 3.18. The third-order valence-electron chi connectivity index (χ3n) is 3.18. The highest BCUT2D eigenvalue weighted by Gasteiger charge is 2.45. The SMILES string of the molecule is C=CC1CC(=O)N(C(C(=O)O)C2CC2)C1. The zero-order valence-electron chi connectivity index (χ0n) is 8.56. The molecule has 1 N–H and O–H groups in total. The molecule has 82 valence electrons. The van der Waals surface area contributed by atoms with Crippen LogP contribution in [0.5, 0.6) is 0 Å². The molecule has 0 radical (unpaired) electrons. The Hall–Kier alpha value is -1.32. The minimum Gasteiger partial charge on any atom is -0.480 e. The third kappa shape index (κ3) is 1.89. The summed E-state index contributed by atoms with van der Waals surface area (Å²) in [6, 6.07) is -0.595. The van der Waals surface area contributed by atoms with Gasteiger partial charge in [0.1, 0.15) is 6.04 Å². The van der Waals surface area contributed by atoms with Gasteiger partial charge in [-0.2, -0.15) is 0 Å². The summed E-state index contributed by atoms with van der Waals surface area (Å²) in [7, 11) is 0. The predicted octanol–water partition coefficient (Wildman–Crippen LogP) is 0.884. The molecule has 1 saturated carbocycles. The number of rotatable bonds is 4. The highest BCUT2D eigenvalue weighted by molar-refractivity contribution is 5.86. The number of nitrogens with zero attached hydrogens (tertiary/aromatic N) is 1. The maximum Gasteiger partial charge on any atom is 0.326 e. The lowest BCUT2D eigenvalue weighted by Crippen LogP contribution is -2.43. The van der Waals surface area contributed by atoms with Crippen molar-refractivity contribution in [2.24, 2.45) is 11.8 Å². The van der Waals surface area contributed by atoms with Gasteiger partial charge in [-0.3, -0.25) is 4.79 Å². The number of likely N-dealkylation sites (tertiary alicyclic amines) is 1. The first-order valence-corrected chi connectivity index (χ1v) is 5.28. The minimum atomic E-state index is -0.865. The molecule has 1 aliphatic heterocycles. The van der Waals surface area contributed by atoms with E-state index >= 15 is 0 Å². The largest absolute Gasteiger partial charge is 0.480 e. The molecule has 1 amide bonds. The van der Waals surface area contributed by atoms with Crippen LogP contribution in [0.25, 0.3) is 0 Å². The Bertz CT molecular complexity index is 309. The van der Waals surface area contributed by atoms with Gasteiger partial charge >= 0.3 is 5.97 Å². The first kappa shape index (κ1) is 10.2. The molecule has 0 bridgehead atoms. The van der Waals surface area contributed by atoms with E-state index < -0.39 is 12.0 Å². The average molecular weight is 209 g/mol. The molecular weight excluding hydrogens is 194 g/mol. The molecule has 2 atom stereocenters. The van der Waals surface area contributed by atoms with Crippen molar-refractivity contribution in [3.05, 3.63) is 12.7 Å². The van der Waals surface area contributed by atoms with Crippen LogP contribution in [-0.4, -0.2) is 34.5 Å². The van der Waals surface area contributed by atoms with Crippen LogP contribution in [0.4, 0.5) is 0 Å². The number of amides is 1. The summed E-state index contributed by atoms with van der Waals surface area (Å²) in [5, 5.41) is 9.10. The lowest BCUT2D eigenvalue weighted by molar-refractivity contribution is -0.149. The predicted molar refractivity (Wildman–Crippen MR) is 54.2 cm³/mol. The maximum atomic E-state index is 11.6. The molecule has 1 aliphatic carbocycles. The fourth-order valence-electron chi connectivity index (χ4n) is 2.19. The van der Waals surface area contributed by atoms with E-state index in [0.717, 1.165) is 12.8 Å². The highest BCUT2D eigenvalue weighted by Crippen LogP contribution is 2.37. The molecule has 2 rings (SSSR count). The molecule has 15 heavy (non-hydrogen) atoms. The van der Waals surface area contributed by atoms with Crippen LogP contribution in [0.2, 0.25) is 0 Å². The number of hydrogen-bond donors (Lipinski definition) is 1. The molecule has 1 saturated heterocycles. The Balaban J connectivity index is 2.10. The quantitative estimate of drug-likeness (QED) is 0.699. The summed E-state index contributed by atoms with van der Waals surface area (Å²) >= 11 is 0. The highest BCUT2D eigenvalue weighted by atomic mass is 16.4. The lowest BCUT2D eigenvalue weighted by atomic mass is 10.1. The Morgan fingerprint density at radius 3 is 2.67 bits per heavy atom. The summed E-state index contributed by atoms with van der Waals surface area (Å²) in [4.78, 5) is 24.2. The first-order valence-electron chi connectivity index (χ1n) is 5.28. The maximum absolute atomic E-state index is 11.6. The van der Waals surface area contributed by atoms with Crippen LogP contribution in [0, 0.1) is 11.8 Å². The van der Waals surface area contributed by atoms with Crippen molar-refractivity contribution in [3.8, 4) is 0 Å². The molecule has 0 aromatic carbocycles. The Labute approximate surface area is 88.6 Å². The van der Waals surface area contributed by atoms with E-state index in [-0.39, 0.29) is 17.7 Å². The Morgan fingerprint density at radius 2 is 2.27 bits per heavy atom. The fraction of sp³-hybridized carbons (Fsp3) is 0.636. The van der Waals surface area contributed by atoms with E-state index in [9.17, 15) is 9.59 Å². The van der Waals surface area contributed by atoms with Crippen LogP contribution in [0.3, 0.4) is 0 Å². The van der Waals surface area contributed by atoms with Crippen molar-refractivity contribution in [2.75, 3.05) is 6.54 Å². The molecule has 1 heterocycles. The molecule has 4 nitrogen and oxygen atoms in total. The molecule has 2 unspecified atom stereocenters. The monoisotopic (exact) mass is 209 g/mol. The zero-order valence-corrected chi connectivity index (χ0v) is 8.56. The summed E-state index contributed by atoms with van der Waals surface area (Å²) in [5.74, 6) is -0.608. The van der Waals surface area contributed by atoms with Gasteiger partial charge in [-0.25, -0.2) is 4.79 Å². The topological polar surface area (TPSA) is 57.6 Å². The van der Waals surface area contributed by atoms with Gasteiger partial charge in [0.15, 0.2) is 0 Å². The number of carbonyl (C=O) groups excluding carboxylic acids is 1. The second kappa shape index (κ2) is 3.68. The number of hydrogen-bond acceptors (Lipinski definition) is 2. The van der Waals surface area contributed by atoms with Crippen LogP contribution in [0.15, 0.2) is 12.7 Å². The second-order valence-corrected chi connectivity index (χ2v) is 4.37. The van der Waals surface area contributed by atoms with Crippen molar-refractivity contribution in [2.45, 2.75) is 25.3 Å². The number of carbonyl (C=O) groups is 2.